The zero-order valence-electron chi connectivity index (χ0n) is 18.4. The van der Waals surface area contributed by atoms with E-state index in [1.54, 1.807) is 11.0 Å². The number of amides is 2. The van der Waals surface area contributed by atoms with Crippen LogP contribution < -0.4 is 5.32 Å². The summed E-state index contributed by atoms with van der Waals surface area (Å²) in [6.45, 7) is 1.55. The van der Waals surface area contributed by atoms with Gasteiger partial charge in [-0.3, -0.25) is 9.59 Å². The Morgan fingerprint density at radius 1 is 1.00 bits per heavy atom. The fourth-order valence-corrected chi connectivity index (χ4v) is 4.66. The van der Waals surface area contributed by atoms with Crippen LogP contribution in [0.15, 0.2) is 60.7 Å². The van der Waals surface area contributed by atoms with Crippen LogP contribution in [0.25, 0.3) is 11.1 Å². The van der Waals surface area contributed by atoms with Crippen molar-refractivity contribution in [1.29, 1.82) is 0 Å². The van der Waals surface area contributed by atoms with Gasteiger partial charge in [-0.05, 0) is 41.0 Å². The van der Waals surface area contributed by atoms with E-state index in [1.165, 1.54) is 17.2 Å². The van der Waals surface area contributed by atoms with E-state index in [4.69, 9.17) is 9.84 Å². The van der Waals surface area contributed by atoms with E-state index in [1.807, 2.05) is 24.3 Å². The van der Waals surface area contributed by atoms with Crippen molar-refractivity contribution in [3.63, 3.8) is 0 Å². The number of piperidine rings is 1. The lowest BCUT2D eigenvalue weighted by molar-refractivity contribution is -0.138. The Labute approximate surface area is 193 Å². The van der Waals surface area contributed by atoms with Gasteiger partial charge in [0.1, 0.15) is 6.61 Å². The number of likely N-dealkylation sites (tertiary alicyclic amines) is 1. The number of hydrogen-bond acceptors (Lipinski definition) is 4. The van der Waals surface area contributed by atoms with E-state index in [9.17, 15) is 14.4 Å². The quantitative estimate of drug-likeness (QED) is 0.629. The summed E-state index contributed by atoms with van der Waals surface area (Å²) in [4.78, 5) is 37.0. The number of hydrogen-bond donors (Lipinski definition) is 2. The molecule has 1 aliphatic carbocycles. The maximum atomic E-state index is 12.3. The second-order valence-corrected chi connectivity index (χ2v) is 8.48. The molecule has 7 nitrogen and oxygen atoms in total. The van der Waals surface area contributed by atoms with Crippen LogP contribution in [0.5, 0.6) is 0 Å². The van der Waals surface area contributed by atoms with E-state index in [-0.39, 0.29) is 37.3 Å². The van der Waals surface area contributed by atoms with E-state index in [0.717, 1.165) is 11.1 Å². The number of carboxylic acid groups (broad SMARTS) is 1. The van der Waals surface area contributed by atoms with Gasteiger partial charge >= 0.3 is 12.1 Å². The van der Waals surface area contributed by atoms with Crippen LogP contribution in [0.3, 0.4) is 0 Å². The second kappa shape index (κ2) is 10.3. The van der Waals surface area contributed by atoms with Crippen molar-refractivity contribution in [3.8, 4) is 11.1 Å². The van der Waals surface area contributed by atoms with Gasteiger partial charge < -0.3 is 20.1 Å². The number of nitrogens with zero attached hydrogens (tertiary/aromatic N) is 1. The molecule has 172 valence electrons. The zero-order chi connectivity index (χ0) is 23.2. The minimum atomic E-state index is -0.793. The number of aliphatic carboxylic acids is 1. The summed E-state index contributed by atoms with van der Waals surface area (Å²) in [6, 6.07) is 16.3. The average molecular weight is 449 g/mol. The number of carboxylic acids is 1. The lowest BCUT2D eigenvalue weighted by Gasteiger charge is -2.30. The second-order valence-electron chi connectivity index (χ2n) is 8.48. The molecule has 2 aromatic carbocycles. The molecule has 1 heterocycles. The Morgan fingerprint density at radius 2 is 1.61 bits per heavy atom. The maximum Gasteiger partial charge on any atom is 0.407 e. The number of alkyl carbamates (subject to hydrolysis) is 1. The van der Waals surface area contributed by atoms with Crippen LogP contribution in [-0.2, 0) is 14.3 Å². The van der Waals surface area contributed by atoms with E-state index in [0.29, 0.717) is 25.9 Å². The minimum absolute atomic E-state index is 0.00400. The number of carbonyl (C=O) groups is 3. The van der Waals surface area contributed by atoms with Gasteiger partial charge in [0.05, 0.1) is 0 Å². The van der Waals surface area contributed by atoms with Crippen LogP contribution in [0, 0.1) is 5.92 Å². The molecule has 0 atom stereocenters. The van der Waals surface area contributed by atoms with Crippen molar-refractivity contribution < 1.29 is 24.2 Å². The first-order valence-corrected chi connectivity index (χ1v) is 11.3. The molecular weight excluding hydrogens is 420 g/mol. The zero-order valence-corrected chi connectivity index (χ0v) is 18.4. The Balaban J connectivity index is 1.21. The lowest BCUT2D eigenvalue weighted by atomic mass is 9.93. The van der Waals surface area contributed by atoms with E-state index < -0.39 is 12.1 Å². The first-order valence-electron chi connectivity index (χ1n) is 11.3. The molecule has 2 aliphatic rings. The molecule has 0 bridgehead atoms. The summed E-state index contributed by atoms with van der Waals surface area (Å²) < 4.78 is 5.48. The Kier molecular flexibility index (Phi) is 7.07. The third-order valence-electron chi connectivity index (χ3n) is 6.36. The molecule has 0 aromatic heterocycles. The molecule has 2 N–H and O–H groups in total. The summed E-state index contributed by atoms with van der Waals surface area (Å²) in [5.74, 6) is -0.785. The Morgan fingerprint density at radius 3 is 2.21 bits per heavy atom. The molecule has 4 rings (SSSR count). The average Bonchev–Trinajstić information content (AvgIpc) is 3.14. The molecule has 0 radical (unpaired) electrons. The van der Waals surface area contributed by atoms with Crippen molar-refractivity contribution in [2.75, 3.05) is 26.2 Å². The van der Waals surface area contributed by atoms with Gasteiger partial charge in [-0.1, -0.05) is 54.6 Å². The number of benzene rings is 2. The Hall–Kier alpha value is -3.61. The fraction of sp³-hybridized carbons (Fsp3) is 0.346. The first-order chi connectivity index (χ1) is 16.0. The third-order valence-corrected chi connectivity index (χ3v) is 6.36. The minimum Gasteiger partial charge on any atom is -0.481 e. The van der Waals surface area contributed by atoms with Crippen LogP contribution in [0.2, 0.25) is 0 Å². The largest absolute Gasteiger partial charge is 0.481 e. The summed E-state index contributed by atoms with van der Waals surface area (Å²) in [7, 11) is 0. The lowest BCUT2D eigenvalue weighted by Crippen LogP contribution is -2.38. The molecule has 1 saturated heterocycles. The van der Waals surface area contributed by atoms with Crippen molar-refractivity contribution in [1.82, 2.24) is 10.2 Å². The smallest absolute Gasteiger partial charge is 0.407 e. The van der Waals surface area contributed by atoms with Crippen molar-refractivity contribution in [2.45, 2.75) is 25.2 Å². The predicted octanol–water partition coefficient (Wildman–Crippen LogP) is 3.79. The van der Waals surface area contributed by atoms with E-state index in [2.05, 4.69) is 29.6 Å². The maximum absolute atomic E-state index is 12.3. The highest BCUT2D eigenvalue weighted by Gasteiger charge is 2.29. The third kappa shape index (κ3) is 5.42. The summed E-state index contributed by atoms with van der Waals surface area (Å²) in [5.41, 5.74) is 4.67. The molecule has 2 amide bonds. The van der Waals surface area contributed by atoms with Crippen molar-refractivity contribution >= 4 is 18.0 Å². The standard InChI is InChI=1S/C26H28N2O5/c29-24(28-14-11-18(12-15-28)16-25(30)31)10-5-13-27-26(32)33-17-23-21-8-3-1-6-19(21)20-7-2-4-9-22(20)23/h1-10,18,23H,11-17H2,(H,27,32)(H,30,31)/b10-5+. The molecule has 1 fully saturated rings. The molecule has 2 aromatic rings. The molecule has 33 heavy (non-hydrogen) atoms. The summed E-state index contributed by atoms with van der Waals surface area (Å²) >= 11 is 0. The SMILES string of the molecule is O=C(O)CC1CCN(C(=O)/C=C/CNC(=O)OCC2c3ccccc3-c3ccccc32)CC1. The van der Waals surface area contributed by atoms with Gasteiger partial charge in [0, 0.05) is 38.0 Å². The van der Waals surface area contributed by atoms with Gasteiger partial charge in [-0.15, -0.1) is 0 Å². The predicted molar refractivity (Wildman–Crippen MR) is 124 cm³/mol. The number of fused-ring (bicyclic) bond motifs is 3. The number of rotatable bonds is 7. The van der Waals surface area contributed by atoms with Crippen LogP contribution in [-0.4, -0.2) is 54.2 Å². The topological polar surface area (TPSA) is 95.9 Å². The van der Waals surface area contributed by atoms with Crippen LogP contribution in [0.1, 0.15) is 36.3 Å². The first kappa shape index (κ1) is 22.6. The summed E-state index contributed by atoms with van der Waals surface area (Å²) in [6.07, 6.45) is 4.08. The molecular formula is C26H28N2O5. The normalized spacial score (nSPS) is 15.8. The van der Waals surface area contributed by atoms with Crippen LogP contribution in [0.4, 0.5) is 4.79 Å². The van der Waals surface area contributed by atoms with Gasteiger partial charge in [0.2, 0.25) is 5.91 Å². The summed E-state index contributed by atoms with van der Waals surface area (Å²) in [5, 5.41) is 11.5. The van der Waals surface area contributed by atoms with Gasteiger partial charge in [0.15, 0.2) is 0 Å². The number of nitrogens with one attached hydrogen (secondary N) is 1. The highest BCUT2D eigenvalue weighted by atomic mass is 16.5. The molecule has 0 saturated carbocycles. The Bertz CT molecular complexity index is 1010. The molecule has 1 aliphatic heterocycles. The highest BCUT2D eigenvalue weighted by molar-refractivity contribution is 5.87. The highest BCUT2D eigenvalue weighted by Crippen LogP contribution is 2.44. The fourth-order valence-electron chi connectivity index (χ4n) is 4.66. The van der Waals surface area contributed by atoms with Gasteiger partial charge in [-0.2, -0.15) is 0 Å². The molecule has 0 unspecified atom stereocenters. The van der Waals surface area contributed by atoms with Crippen molar-refractivity contribution in [3.05, 3.63) is 71.8 Å². The van der Waals surface area contributed by atoms with Gasteiger partial charge in [0.25, 0.3) is 0 Å². The number of carbonyl (C=O) groups excluding carboxylic acids is 2. The van der Waals surface area contributed by atoms with Crippen LogP contribution >= 0.6 is 0 Å². The molecule has 7 heteroatoms. The van der Waals surface area contributed by atoms with Crippen molar-refractivity contribution in [2.24, 2.45) is 5.92 Å². The number of ether oxygens (including phenoxy) is 1. The van der Waals surface area contributed by atoms with Gasteiger partial charge in [-0.25, -0.2) is 4.79 Å². The molecule has 0 spiro atoms. The van der Waals surface area contributed by atoms with E-state index >= 15 is 0 Å². The monoisotopic (exact) mass is 448 g/mol.